The molecule has 1 aliphatic carbocycles. The minimum atomic E-state index is 0.336. The molecule has 3 heteroatoms. The first kappa shape index (κ1) is 17.7. The summed E-state index contributed by atoms with van der Waals surface area (Å²) in [5, 5.41) is 0. The van der Waals surface area contributed by atoms with Crippen molar-refractivity contribution in [1.82, 2.24) is 0 Å². The zero-order valence-corrected chi connectivity index (χ0v) is 13.5. The predicted octanol–water partition coefficient (Wildman–Crippen LogP) is 3.83. The van der Waals surface area contributed by atoms with E-state index < -0.39 is 0 Å². The van der Waals surface area contributed by atoms with Crippen LogP contribution >= 0.6 is 0 Å². The van der Waals surface area contributed by atoms with Gasteiger partial charge in [0.1, 0.15) is 0 Å². The molecule has 0 aromatic heterocycles. The fourth-order valence-electron chi connectivity index (χ4n) is 2.84. The van der Waals surface area contributed by atoms with Crippen molar-refractivity contribution in [3.63, 3.8) is 0 Å². The van der Waals surface area contributed by atoms with Crippen molar-refractivity contribution in [3.8, 4) is 0 Å². The highest BCUT2D eigenvalue weighted by Crippen LogP contribution is 2.34. The van der Waals surface area contributed by atoms with Crippen molar-refractivity contribution in [2.45, 2.75) is 52.6 Å². The number of rotatable bonds is 10. The monoisotopic (exact) mass is 284 g/mol. The minimum absolute atomic E-state index is 0.336. The van der Waals surface area contributed by atoms with Crippen LogP contribution in [-0.2, 0) is 14.2 Å². The molecule has 0 N–H and O–H groups in total. The average molecular weight is 284 g/mol. The van der Waals surface area contributed by atoms with E-state index in [1.807, 2.05) is 6.92 Å². The average Bonchev–Trinajstić information content (AvgIpc) is 2.41. The Kier molecular flexibility index (Phi) is 9.16. The van der Waals surface area contributed by atoms with Gasteiger partial charge in [-0.15, -0.1) is 0 Å². The van der Waals surface area contributed by atoms with Crippen LogP contribution in [0.3, 0.4) is 0 Å². The van der Waals surface area contributed by atoms with E-state index in [4.69, 9.17) is 14.2 Å². The third-order valence-electron chi connectivity index (χ3n) is 4.03. The van der Waals surface area contributed by atoms with Gasteiger partial charge in [-0.2, -0.15) is 0 Å². The van der Waals surface area contributed by atoms with Crippen LogP contribution in [0.15, 0.2) is 12.2 Å². The summed E-state index contributed by atoms with van der Waals surface area (Å²) in [5.74, 6) is 1.30. The topological polar surface area (TPSA) is 27.7 Å². The second-order valence-electron chi connectivity index (χ2n) is 5.94. The molecule has 3 nitrogen and oxygen atoms in total. The molecule has 0 bridgehead atoms. The number of hydrogen-bond acceptors (Lipinski definition) is 3. The molecule has 0 saturated heterocycles. The van der Waals surface area contributed by atoms with Crippen molar-refractivity contribution in [3.05, 3.63) is 12.2 Å². The maximum absolute atomic E-state index is 6.04. The van der Waals surface area contributed by atoms with Gasteiger partial charge in [-0.1, -0.05) is 19.1 Å². The van der Waals surface area contributed by atoms with E-state index in [-0.39, 0.29) is 0 Å². The summed E-state index contributed by atoms with van der Waals surface area (Å²) in [7, 11) is 0. The first-order valence-electron chi connectivity index (χ1n) is 8.07. The molecule has 1 saturated carbocycles. The van der Waals surface area contributed by atoms with Gasteiger partial charge in [0.15, 0.2) is 0 Å². The van der Waals surface area contributed by atoms with E-state index in [9.17, 15) is 0 Å². The molecule has 20 heavy (non-hydrogen) atoms. The molecular weight excluding hydrogens is 252 g/mol. The molecule has 0 aromatic rings. The van der Waals surface area contributed by atoms with Gasteiger partial charge < -0.3 is 14.2 Å². The standard InChI is InChI=1S/C17H32O3/c1-5-18-9-6-10-19-11-12-20-17-13-15(4)7-8-16(17)14(2)3/h15-17H,2,5-13H2,1,3-4H3. The fourth-order valence-corrected chi connectivity index (χ4v) is 2.84. The molecule has 1 rings (SSSR count). The first-order valence-corrected chi connectivity index (χ1v) is 8.07. The van der Waals surface area contributed by atoms with Gasteiger partial charge in [-0.05, 0) is 45.4 Å². The van der Waals surface area contributed by atoms with Gasteiger partial charge in [0.05, 0.1) is 19.3 Å². The molecule has 118 valence electrons. The van der Waals surface area contributed by atoms with Gasteiger partial charge in [0.2, 0.25) is 0 Å². The lowest BCUT2D eigenvalue weighted by Gasteiger charge is -2.35. The third kappa shape index (κ3) is 6.87. The molecule has 0 aromatic carbocycles. The van der Waals surface area contributed by atoms with Crippen LogP contribution in [0.2, 0.25) is 0 Å². The molecule has 0 aliphatic heterocycles. The minimum Gasteiger partial charge on any atom is -0.382 e. The van der Waals surface area contributed by atoms with Crippen LogP contribution < -0.4 is 0 Å². The smallest absolute Gasteiger partial charge is 0.0704 e. The highest BCUT2D eigenvalue weighted by atomic mass is 16.5. The summed E-state index contributed by atoms with van der Waals surface area (Å²) >= 11 is 0. The van der Waals surface area contributed by atoms with Crippen LogP contribution in [0, 0.1) is 11.8 Å². The first-order chi connectivity index (χ1) is 9.65. The van der Waals surface area contributed by atoms with E-state index in [0.29, 0.717) is 25.2 Å². The van der Waals surface area contributed by atoms with Crippen molar-refractivity contribution < 1.29 is 14.2 Å². The van der Waals surface area contributed by atoms with Crippen LogP contribution in [-0.4, -0.2) is 39.1 Å². The summed E-state index contributed by atoms with van der Waals surface area (Å²) in [6.45, 7) is 14.3. The highest BCUT2D eigenvalue weighted by Gasteiger charge is 2.29. The van der Waals surface area contributed by atoms with E-state index in [1.165, 1.54) is 18.4 Å². The summed E-state index contributed by atoms with van der Waals surface area (Å²) in [5.41, 5.74) is 1.26. The third-order valence-corrected chi connectivity index (χ3v) is 4.03. The van der Waals surface area contributed by atoms with Crippen LogP contribution in [0.1, 0.15) is 46.5 Å². The summed E-state index contributed by atoms with van der Waals surface area (Å²) in [6, 6.07) is 0. The maximum Gasteiger partial charge on any atom is 0.0704 e. The van der Waals surface area contributed by atoms with E-state index in [0.717, 1.165) is 38.6 Å². The Hall–Kier alpha value is -0.380. The molecule has 1 fully saturated rings. The maximum atomic E-state index is 6.04. The molecule has 3 atom stereocenters. The van der Waals surface area contributed by atoms with E-state index >= 15 is 0 Å². The molecule has 3 unspecified atom stereocenters. The molecule has 0 spiro atoms. The Morgan fingerprint density at radius 3 is 2.55 bits per heavy atom. The molecule has 0 heterocycles. The molecule has 0 radical (unpaired) electrons. The lowest BCUT2D eigenvalue weighted by Crippen LogP contribution is -2.32. The Morgan fingerprint density at radius 1 is 1.10 bits per heavy atom. The van der Waals surface area contributed by atoms with Gasteiger partial charge in [-0.25, -0.2) is 0 Å². The summed E-state index contributed by atoms with van der Waals surface area (Å²) in [4.78, 5) is 0. The van der Waals surface area contributed by atoms with E-state index in [1.54, 1.807) is 0 Å². The van der Waals surface area contributed by atoms with Crippen LogP contribution in [0.4, 0.5) is 0 Å². The SMILES string of the molecule is C=C(C)C1CCC(C)CC1OCCOCCCOCC. The van der Waals surface area contributed by atoms with Gasteiger partial charge >= 0.3 is 0 Å². The quantitative estimate of drug-likeness (QED) is 0.451. The van der Waals surface area contributed by atoms with Crippen molar-refractivity contribution in [1.29, 1.82) is 0 Å². The molecule has 1 aliphatic rings. The zero-order chi connectivity index (χ0) is 14.8. The van der Waals surface area contributed by atoms with Gasteiger partial charge in [0.25, 0.3) is 0 Å². The van der Waals surface area contributed by atoms with Crippen molar-refractivity contribution in [2.24, 2.45) is 11.8 Å². The molecular formula is C17H32O3. The Morgan fingerprint density at radius 2 is 1.85 bits per heavy atom. The normalized spacial score (nSPS) is 26.6. The van der Waals surface area contributed by atoms with Crippen molar-refractivity contribution >= 4 is 0 Å². The second-order valence-corrected chi connectivity index (χ2v) is 5.94. The van der Waals surface area contributed by atoms with Crippen molar-refractivity contribution in [2.75, 3.05) is 33.0 Å². The summed E-state index contributed by atoms with van der Waals surface area (Å²) < 4.78 is 16.9. The predicted molar refractivity (Wildman–Crippen MR) is 83.0 cm³/mol. The number of hydrogen-bond donors (Lipinski definition) is 0. The lowest BCUT2D eigenvalue weighted by molar-refractivity contribution is -0.0400. The fraction of sp³-hybridized carbons (Fsp3) is 0.882. The van der Waals surface area contributed by atoms with Gasteiger partial charge in [0, 0.05) is 25.7 Å². The Bertz CT molecular complexity index is 265. The van der Waals surface area contributed by atoms with Crippen LogP contribution in [0.5, 0.6) is 0 Å². The van der Waals surface area contributed by atoms with Gasteiger partial charge in [-0.3, -0.25) is 0 Å². The number of ether oxygens (including phenoxy) is 3. The second kappa shape index (κ2) is 10.4. The zero-order valence-electron chi connectivity index (χ0n) is 13.5. The summed E-state index contributed by atoms with van der Waals surface area (Å²) in [6.07, 6.45) is 4.97. The highest BCUT2D eigenvalue weighted by molar-refractivity contribution is 5.02. The Labute approximate surface area is 124 Å². The van der Waals surface area contributed by atoms with E-state index in [2.05, 4.69) is 20.4 Å². The van der Waals surface area contributed by atoms with Crippen LogP contribution in [0.25, 0.3) is 0 Å². The Balaban J connectivity index is 2.10. The largest absolute Gasteiger partial charge is 0.382 e. The lowest BCUT2D eigenvalue weighted by atomic mass is 9.78. The molecule has 0 amide bonds.